The number of halogens is 3. The van der Waals surface area contributed by atoms with E-state index in [1.807, 2.05) is 0 Å². The monoisotopic (exact) mass is 408 g/mol. The first-order valence-corrected chi connectivity index (χ1v) is 9.44. The normalized spacial score (nSPS) is 11.9. The van der Waals surface area contributed by atoms with Crippen molar-refractivity contribution in [3.63, 3.8) is 0 Å². The molecule has 2 aromatic heterocycles. The van der Waals surface area contributed by atoms with Gasteiger partial charge < -0.3 is 15.6 Å². The van der Waals surface area contributed by atoms with Gasteiger partial charge in [0.15, 0.2) is 5.65 Å². The Morgan fingerprint density at radius 2 is 2.00 bits per heavy atom. The molecular weight excluding hydrogens is 385 g/mol. The fourth-order valence-corrected chi connectivity index (χ4v) is 2.96. The average molecular weight is 408 g/mol. The predicted octanol–water partition coefficient (Wildman–Crippen LogP) is 2.99. The van der Waals surface area contributed by atoms with Crippen molar-refractivity contribution in [3.05, 3.63) is 52.1 Å². The van der Waals surface area contributed by atoms with Gasteiger partial charge in [0.2, 0.25) is 5.95 Å². The van der Waals surface area contributed by atoms with E-state index in [4.69, 9.17) is 0 Å². The lowest BCUT2D eigenvalue weighted by Crippen LogP contribution is -2.18. The third-order valence-corrected chi connectivity index (χ3v) is 4.42. The summed E-state index contributed by atoms with van der Waals surface area (Å²) in [5, 5.41) is 6.36. The van der Waals surface area contributed by atoms with Crippen molar-refractivity contribution in [1.29, 1.82) is 0 Å². The van der Waals surface area contributed by atoms with Crippen molar-refractivity contribution in [2.75, 3.05) is 25.0 Å². The van der Waals surface area contributed by atoms with Crippen LogP contribution in [-0.4, -0.2) is 39.2 Å². The van der Waals surface area contributed by atoms with Crippen LogP contribution in [0.2, 0.25) is 0 Å². The quantitative estimate of drug-likeness (QED) is 0.474. The number of anilines is 1. The summed E-state index contributed by atoms with van der Waals surface area (Å²) < 4.78 is 40.1. The standard InChI is InChI=1S/C19H23F3N6O/c1-2-23-8-3-4-9-24-17-25-11-15-16(27-17)28(18(29)26-15)12-13-6-5-7-14(10-13)19(20,21)22/h5-7,10-11,23H,2-4,8-9,12H2,1H3,(H,26,29)(H,24,25,27). The second-order valence-electron chi connectivity index (χ2n) is 6.63. The number of aromatic amines is 1. The van der Waals surface area contributed by atoms with Crippen molar-refractivity contribution in [2.24, 2.45) is 0 Å². The largest absolute Gasteiger partial charge is 0.416 e. The maximum absolute atomic E-state index is 12.9. The lowest BCUT2D eigenvalue weighted by molar-refractivity contribution is -0.137. The molecule has 1 aromatic carbocycles. The average Bonchev–Trinajstić information content (AvgIpc) is 2.99. The Hall–Kier alpha value is -2.88. The van der Waals surface area contributed by atoms with Gasteiger partial charge in [0.25, 0.3) is 0 Å². The Bertz CT molecular complexity index is 1010. The van der Waals surface area contributed by atoms with Gasteiger partial charge in [0.05, 0.1) is 18.3 Å². The van der Waals surface area contributed by atoms with Crippen LogP contribution in [0.15, 0.2) is 35.3 Å². The SMILES string of the molecule is CCNCCCCNc1ncc2[nH]c(=O)n(Cc3cccc(C(F)(F)F)c3)c2n1. The van der Waals surface area contributed by atoms with Gasteiger partial charge in [-0.3, -0.25) is 4.57 Å². The number of hydrogen-bond donors (Lipinski definition) is 3. The third-order valence-electron chi connectivity index (χ3n) is 4.42. The molecule has 3 rings (SSSR count). The van der Waals surface area contributed by atoms with Crippen LogP contribution in [0.5, 0.6) is 0 Å². The van der Waals surface area contributed by atoms with E-state index in [9.17, 15) is 18.0 Å². The minimum absolute atomic E-state index is 0.0259. The topological polar surface area (TPSA) is 87.6 Å². The zero-order valence-electron chi connectivity index (χ0n) is 16.0. The van der Waals surface area contributed by atoms with E-state index in [1.165, 1.54) is 16.8 Å². The van der Waals surface area contributed by atoms with Gasteiger partial charge in [0, 0.05) is 6.54 Å². The zero-order valence-corrected chi connectivity index (χ0v) is 16.0. The molecule has 0 radical (unpaired) electrons. The molecule has 0 atom stereocenters. The minimum Gasteiger partial charge on any atom is -0.354 e. The van der Waals surface area contributed by atoms with Crippen molar-refractivity contribution in [3.8, 4) is 0 Å². The Balaban J connectivity index is 1.76. The first-order valence-electron chi connectivity index (χ1n) is 9.44. The maximum atomic E-state index is 12.9. The number of imidazole rings is 1. The zero-order chi connectivity index (χ0) is 20.9. The van der Waals surface area contributed by atoms with Crippen LogP contribution in [0.4, 0.5) is 19.1 Å². The van der Waals surface area contributed by atoms with Crippen LogP contribution in [0.25, 0.3) is 11.2 Å². The van der Waals surface area contributed by atoms with E-state index in [-0.39, 0.29) is 6.54 Å². The summed E-state index contributed by atoms with van der Waals surface area (Å²) in [4.78, 5) is 23.5. The molecule has 3 N–H and O–H groups in total. The molecular formula is C19H23F3N6O. The highest BCUT2D eigenvalue weighted by Crippen LogP contribution is 2.29. The molecule has 0 bridgehead atoms. The Morgan fingerprint density at radius 3 is 2.76 bits per heavy atom. The smallest absolute Gasteiger partial charge is 0.354 e. The van der Waals surface area contributed by atoms with E-state index in [0.717, 1.165) is 38.1 Å². The van der Waals surface area contributed by atoms with Gasteiger partial charge in [-0.05, 0) is 43.6 Å². The van der Waals surface area contributed by atoms with Crippen molar-refractivity contribution in [1.82, 2.24) is 24.8 Å². The van der Waals surface area contributed by atoms with Crippen molar-refractivity contribution < 1.29 is 13.2 Å². The number of fused-ring (bicyclic) bond motifs is 1. The molecule has 0 unspecified atom stereocenters. The number of alkyl halides is 3. The number of H-pyrrole nitrogens is 1. The van der Waals surface area contributed by atoms with Gasteiger partial charge in [-0.15, -0.1) is 0 Å². The van der Waals surface area contributed by atoms with Gasteiger partial charge >= 0.3 is 11.9 Å². The van der Waals surface area contributed by atoms with Gasteiger partial charge in [-0.2, -0.15) is 18.2 Å². The Labute approximate surface area is 165 Å². The van der Waals surface area contributed by atoms with E-state index in [1.54, 1.807) is 6.07 Å². The van der Waals surface area contributed by atoms with E-state index < -0.39 is 17.4 Å². The van der Waals surface area contributed by atoms with Crippen LogP contribution in [0.3, 0.4) is 0 Å². The molecule has 3 aromatic rings. The van der Waals surface area contributed by atoms with Crippen LogP contribution in [0, 0.1) is 0 Å². The maximum Gasteiger partial charge on any atom is 0.416 e. The van der Waals surface area contributed by atoms with Crippen LogP contribution >= 0.6 is 0 Å². The highest BCUT2D eigenvalue weighted by molar-refractivity contribution is 5.71. The predicted molar refractivity (Wildman–Crippen MR) is 105 cm³/mol. The summed E-state index contributed by atoms with van der Waals surface area (Å²) in [5.74, 6) is 0.373. The first kappa shape index (κ1) is 20.8. The van der Waals surface area contributed by atoms with Crippen molar-refractivity contribution in [2.45, 2.75) is 32.5 Å². The Morgan fingerprint density at radius 1 is 1.21 bits per heavy atom. The number of nitrogens with zero attached hydrogens (tertiary/aromatic N) is 3. The molecule has 0 aliphatic heterocycles. The highest BCUT2D eigenvalue weighted by atomic mass is 19.4. The molecule has 0 saturated heterocycles. The van der Waals surface area contributed by atoms with E-state index in [0.29, 0.717) is 29.2 Å². The molecule has 0 aliphatic rings. The number of benzene rings is 1. The van der Waals surface area contributed by atoms with Crippen molar-refractivity contribution >= 4 is 17.1 Å². The number of hydrogen-bond acceptors (Lipinski definition) is 5. The van der Waals surface area contributed by atoms with Gasteiger partial charge in [0.1, 0.15) is 5.52 Å². The van der Waals surface area contributed by atoms with Crippen LogP contribution in [-0.2, 0) is 12.7 Å². The molecule has 0 saturated carbocycles. The highest BCUT2D eigenvalue weighted by Gasteiger charge is 2.30. The fraction of sp³-hybridized carbons (Fsp3) is 0.421. The minimum atomic E-state index is -4.44. The summed E-state index contributed by atoms with van der Waals surface area (Å²) in [6, 6.07) is 4.91. The van der Waals surface area contributed by atoms with E-state index in [2.05, 4.69) is 32.5 Å². The van der Waals surface area contributed by atoms with Crippen LogP contribution in [0.1, 0.15) is 30.9 Å². The third kappa shape index (κ3) is 5.35. The molecule has 0 amide bonds. The summed E-state index contributed by atoms with van der Waals surface area (Å²) in [6.45, 7) is 4.58. The number of unbranched alkanes of at least 4 members (excludes halogenated alkanes) is 1. The summed E-state index contributed by atoms with van der Waals surface area (Å²) in [6.07, 6.45) is -1.01. The fourth-order valence-electron chi connectivity index (χ4n) is 2.96. The van der Waals surface area contributed by atoms with Gasteiger partial charge in [-0.25, -0.2) is 9.78 Å². The second-order valence-corrected chi connectivity index (χ2v) is 6.63. The molecule has 2 heterocycles. The molecule has 0 fully saturated rings. The van der Waals surface area contributed by atoms with E-state index >= 15 is 0 Å². The summed E-state index contributed by atoms with van der Waals surface area (Å²) in [5.41, 5.74) is -0.0662. The number of aromatic nitrogens is 4. The lowest BCUT2D eigenvalue weighted by Gasteiger charge is -2.09. The van der Waals surface area contributed by atoms with Crippen LogP contribution < -0.4 is 16.3 Å². The molecule has 10 heteroatoms. The molecule has 7 nitrogen and oxygen atoms in total. The summed E-state index contributed by atoms with van der Waals surface area (Å²) >= 11 is 0. The first-order chi connectivity index (χ1) is 13.9. The number of rotatable bonds is 9. The van der Waals surface area contributed by atoms with Gasteiger partial charge in [-0.1, -0.05) is 19.1 Å². The molecule has 29 heavy (non-hydrogen) atoms. The summed E-state index contributed by atoms with van der Waals surface area (Å²) in [7, 11) is 0. The second kappa shape index (κ2) is 9.08. The molecule has 0 spiro atoms. The Kier molecular flexibility index (Phi) is 6.53. The molecule has 0 aliphatic carbocycles. The lowest BCUT2D eigenvalue weighted by atomic mass is 10.1. The molecule has 156 valence electrons. The number of nitrogens with one attached hydrogen (secondary N) is 3.